The van der Waals surface area contributed by atoms with Crippen LogP contribution in [-0.2, 0) is 11.2 Å². The molecule has 0 aliphatic carbocycles. The Morgan fingerprint density at radius 1 is 1.21 bits per heavy atom. The number of aromatic nitrogens is 3. The smallest absolute Gasteiger partial charge is 0.240 e. The van der Waals surface area contributed by atoms with Crippen LogP contribution < -0.4 is 10.7 Å². The third-order valence-corrected chi connectivity index (χ3v) is 6.42. The molecule has 1 aromatic heterocycles. The van der Waals surface area contributed by atoms with Crippen LogP contribution in [0.2, 0.25) is 5.02 Å². The molecule has 29 heavy (non-hydrogen) atoms. The van der Waals surface area contributed by atoms with Crippen molar-refractivity contribution in [3.63, 3.8) is 0 Å². The van der Waals surface area contributed by atoms with E-state index < -0.39 is 5.25 Å². The van der Waals surface area contributed by atoms with Gasteiger partial charge < -0.3 is 10.7 Å². The Kier molecular flexibility index (Phi) is 5.52. The van der Waals surface area contributed by atoms with E-state index in [1.807, 2.05) is 37.6 Å². The van der Waals surface area contributed by atoms with E-state index in [0.29, 0.717) is 15.9 Å². The number of carbonyl (C=O) groups excluding carboxylic acids is 1. The fraction of sp³-hybridized carbons (Fsp3) is 0.286. The molecule has 4 rings (SSSR count). The number of aryl methyl sites for hydroxylation is 3. The van der Waals surface area contributed by atoms with E-state index in [9.17, 15) is 4.79 Å². The van der Waals surface area contributed by atoms with Crippen molar-refractivity contribution in [2.24, 2.45) is 0 Å². The molecule has 2 N–H and O–H groups in total. The molecule has 0 fully saturated rings. The predicted octanol–water partition coefficient (Wildman–Crippen LogP) is 4.51. The summed E-state index contributed by atoms with van der Waals surface area (Å²) in [6.07, 6.45) is 0.750. The minimum absolute atomic E-state index is 0.106. The molecule has 1 aliphatic heterocycles. The zero-order valence-electron chi connectivity index (χ0n) is 16.4. The molecule has 0 saturated heterocycles. The number of hydrogen-bond acceptors (Lipinski definition) is 5. The fourth-order valence-corrected chi connectivity index (χ4v) is 4.56. The topological polar surface area (TPSA) is 71.8 Å². The summed E-state index contributed by atoms with van der Waals surface area (Å²) in [6.45, 7) is 6.02. The number of fused-ring (bicyclic) bond motifs is 1. The van der Waals surface area contributed by atoms with Crippen LogP contribution >= 0.6 is 23.4 Å². The molecule has 150 valence electrons. The van der Waals surface area contributed by atoms with Gasteiger partial charge in [-0.15, -0.1) is 10.2 Å². The summed E-state index contributed by atoms with van der Waals surface area (Å²) in [7, 11) is 0. The van der Waals surface area contributed by atoms with E-state index in [4.69, 9.17) is 11.6 Å². The fourth-order valence-electron chi connectivity index (χ4n) is 3.28. The molecule has 0 spiro atoms. The van der Waals surface area contributed by atoms with Gasteiger partial charge in [0.05, 0.1) is 6.04 Å². The molecule has 0 saturated carbocycles. The number of nitrogens with zero attached hydrogens (tertiary/aromatic N) is 3. The normalized spacial score (nSPS) is 18.1. The number of amides is 1. The van der Waals surface area contributed by atoms with Crippen LogP contribution in [0, 0.1) is 13.8 Å². The molecule has 0 unspecified atom stereocenters. The number of halogens is 1. The van der Waals surface area contributed by atoms with Crippen LogP contribution in [0.4, 0.5) is 5.69 Å². The zero-order chi connectivity index (χ0) is 20.5. The van der Waals surface area contributed by atoms with E-state index in [1.165, 1.54) is 17.3 Å². The summed E-state index contributed by atoms with van der Waals surface area (Å²) in [5.74, 6) is 0.736. The van der Waals surface area contributed by atoms with Gasteiger partial charge in [-0.1, -0.05) is 66.2 Å². The Morgan fingerprint density at radius 3 is 2.69 bits per heavy atom. The average Bonchev–Trinajstić information content (AvgIpc) is 3.12. The van der Waals surface area contributed by atoms with Gasteiger partial charge in [0.2, 0.25) is 11.1 Å². The summed E-state index contributed by atoms with van der Waals surface area (Å²) in [5.41, 5.74) is 7.34. The second kappa shape index (κ2) is 8.08. The molecular formula is C21H22ClN5OS. The van der Waals surface area contributed by atoms with E-state index in [0.717, 1.165) is 23.4 Å². The molecule has 0 bridgehead atoms. The van der Waals surface area contributed by atoms with E-state index >= 15 is 0 Å². The Morgan fingerprint density at radius 2 is 1.97 bits per heavy atom. The minimum atomic E-state index is -0.419. The molecule has 0 radical (unpaired) electrons. The molecule has 2 heterocycles. The first-order chi connectivity index (χ1) is 14.0. The van der Waals surface area contributed by atoms with Crippen molar-refractivity contribution in [2.45, 2.75) is 43.6 Å². The first-order valence-electron chi connectivity index (χ1n) is 9.47. The Bertz CT molecular complexity index is 1050. The number of anilines is 1. The van der Waals surface area contributed by atoms with Crippen molar-refractivity contribution in [1.82, 2.24) is 14.9 Å². The number of carbonyl (C=O) groups is 1. The Balaban J connectivity index is 1.68. The van der Waals surface area contributed by atoms with Gasteiger partial charge in [-0.05, 0) is 37.1 Å². The molecule has 2 atom stereocenters. The van der Waals surface area contributed by atoms with Gasteiger partial charge in [0, 0.05) is 17.1 Å². The van der Waals surface area contributed by atoms with Gasteiger partial charge >= 0.3 is 0 Å². The third kappa shape index (κ3) is 3.97. The quantitative estimate of drug-likeness (QED) is 0.641. The summed E-state index contributed by atoms with van der Waals surface area (Å²) >= 11 is 7.54. The van der Waals surface area contributed by atoms with E-state index in [-0.39, 0.29) is 11.9 Å². The number of rotatable bonds is 4. The first-order valence-corrected chi connectivity index (χ1v) is 10.7. The number of nitrogens with one attached hydrogen (secondary N) is 2. The van der Waals surface area contributed by atoms with Gasteiger partial charge in [0.15, 0.2) is 5.82 Å². The van der Waals surface area contributed by atoms with Gasteiger partial charge in [0.25, 0.3) is 0 Å². The molecule has 2 aromatic carbocycles. The highest BCUT2D eigenvalue weighted by Crippen LogP contribution is 2.38. The maximum Gasteiger partial charge on any atom is 0.240 e. The highest BCUT2D eigenvalue weighted by molar-refractivity contribution is 8.00. The van der Waals surface area contributed by atoms with Crippen LogP contribution in [0.15, 0.2) is 47.6 Å². The molecule has 8 heteroatoms. The van der Waals surface area contributed by atoms with Crippen molar-refractivity contribution < 1.29 is 4.79 Å². The monoisotopic (exact) mass is 427 g/mol. The van der Waals surface area contributed by atoms with Crippen molar-refractivity contribution in [1.29, 1.82) is 0 Å². The minimum Gasteiger partial charge on any atom is -0.325 e. The molecule has 3 aromatic rings. The van der Waals surface area contributed by atoms with Crippen molar-refractivity contribution in [3.05, 3.63) is 70.0 Å². The van der Waals surface area contributed by atoms with Gasteiger partial charge in [-0.2, -0.15) is 0 Å². The van der Waals surface area contributed by atoms with Crippen molar-refractivity contribution in [2.75, 3.05) is 10.7 Å². The van der Waals surface area contributed by atoms with E-state index in [1.54, 1.807) is 6.07 Å². The van der Waals surface area contributed by atoms with Gasteiger partial charge in [0.1, 0.15) is 5.25 Å². The lowest BCUT2D eigenvalue weighted by Gasteiger charge is -2.33. The van der Waals surface area contributed by atoms with Crippen LogP contribution in [0.25, 0.3) is 0 Å². The van der Waals surface area contributed by atoms with Crippen LogP contribution in [0.1, 0.15) is 35.5 Å². The van der Waals surface area contributed by atoms with Crippen molar-refractivity contribution >= 4 is 35.0 Å². The second-order valence-electron chi connectivity index (χ2n) is 7.09. The van der Waals surface area contributed by atoms with Crippen molar-refractivity contribution in [3.8, 4) is 0 Å². The largest absolute Gasteiger partial charge is 0.325 e. The third-order valence-electron chi connectivity index (χ3n) is 4.97. The van der Waals surface area contributed by atoms with Gasteiger partial charge in [-0.3, -0.25) is 4.79 Å². The maximum atomic E-state index is 13.3. The van der Waals surface area contributed by atoms with E-state index in [2.05, 4.69) is 45.2 Å². The summed E-state index contributed by atoms with van der Waals surface area (Å²) in [5, 5.41) is 12.4. The average molecular weight is 428 g/mol. The lowest BCUT2D eigenvalue weighted by atomic mass is 10.0. The highest BCUT2D eigenvalue weighted by Gasteiger charge is 2.37. The lowest BCUT2D eigenvalue weighted by molar-refractivity contribution is -0.116. The summed E-state index contributed by atoms with van der Waals surface area (Å²) < 4.78 is 1.89. The second-order valence-corrected chi connectivity index (χ2v) is 8.64. The van der Waals surface area contributed by atoms with Crippen LogP contribution in [0.5, 0.6) is 0 Å². The summed E-state index contributed by atoms with van der Waals surface area (Å²) in [6, 6.07) is 13.5. The zero-order valence-corrected chi connectivity index (χ0v) is 18.0. The Labute approximate surface area is 179 Å². The first kappa shape index (κ1) is 19.8. The number of thioether (sulfide) groups is 1. The standard InChI is InChI=1S/C21H22ClN5OS/c1-4-17-24-25-21-27(17)26-18(14-8-5-12(2)6-9-14)19(29-21)20(28)23-16-11-15(22)10-7-13(16)3/h5-11,18-19,26H,4H2,1-3H3,(H,23,28)/t18-,19-/m0/s1. The molecule has 6 nitrogen and oxygen atoms in total. The SMILES string of the molecule is CCc1nnc2n1N[C@@H](c1ccc(C)cc1)[C@@H](C(=O)Nc1cc(Cl)ccc1C)S2. The highest BCUT2D eigenvalue weighted by atomic mass is 35.5. The number of benzene rings is 2. The molecule has 1 aliphatic rings. The van der Waals surface area contributed by atoms with Crippen LogP contribution in [-0.4, -0.2) is 26.0 Å². The van der Waals surface area contributed by atoms with Crippen LogP contribution in [0.3, 0.4) is 0 Å². The number of hydrogen-bond donors (Lipinski definition) is 2. The maximum absolute atomic E-state index is 13.3. The molecule has 1 amide bonds. The Hall–Kier alpha value is -2.51. The lowest BCUT2D eigenvalue weighted by Crippen LogP contribution is -2.41. The molecular weight excluding hydrogens is 406 g/mol. The predicted molar refractivity (Wildman–Crippen MR) is 117 cm³/mol. The van der Waals surface area contributed by atoms with Gasteiger partial charge in [-0.25, -0.2) is 4.68 Å². The summed E-state index contributed by atoms with van der Waals surface area (Å²) in [4.78, 5) is 13.3.